The first-order valence-corrected chi connectivity index (χ1v) is 15.6. The molecule has 0 aromatic heterocycles. The second-order valence-electron chi connectivity index (χ2n) is 11.2. The number of Topliss-reactive ketones (excluding diaryl/α,β-unsaturated/α-hetero) is 2. The van der Waals surface area contributed by atoms with Gasteiger partial charge in [0.2, 0.25) is 0 Å². The van der Waals surface area contributed by atoms with Gasteiger partial charge in [0.05, 0.1) is 6.61 Å². The highest BCUT2D eigenvalue weighted by molar-refractivity contribution is 6.22. The van der Waals surface area contributed by atoms with Gasteiger partial charge in [-0.15, -0.1) is 0 Å². The van der Waals surface area contributed by atoms with Crippen LogP contribution in [-0.2, 0) is 19.1 Å². The number of ether oxygens (including phenoxy) is 1. The summed E-state index contributed by atoms with van der Waals surface area (Å²) < 4.78 is 5.55. The third-order valence-corrected chi connectivity index (χ3v) is 7.51. The molecule has 0 aliphatic heterocycles. The van der Waals surface area contributed by atoms with Crippen LogP contribution < -0.4 is 0 Å². The third-order valence-electron chi connectivity index (χ3n) is 7.51. The van der Waals surface area contributed by atoms with Gasteiger partial charge < -0.3 is 4.74 Å². The van der Waals surface area contributed by atoms with Crippen LogP contribution in [0.2, 0.25) is 0 Å². The number of hydrogen-bond donors (Lipinski definition) is 0. The lowest BCUT2D eigenvalue weighted by molar-refractivity contribution is -0.165. The Labute approximate surface area is 224 Å². The fourth-order valence-corrected chi connectivity index (χ4v) is 5.07. The molecule has 212 valence electrons. The van der Waals surface area contributed by atoms with Gasteiger partial charge >= 0.3 is 5.97 Å². The Hall–Kier alpha value is -1.19. The van der Waals surface area contributed by atoms with Crippen LogP contribution >= 0.6 is 0 Å². The maximum absolute atomic E-state index is 13.1. The fraction of sp³-hybridized carbons (Fsp3) is 0.906. The topological polar surface area (TPSA) is 60.4 Å². The Bertz CT molecular complexity index is 551. The van der Waals surface area contributed by atoms with Crippen LogP contribution in [0.1, 0.15) is 169 Å². The van der Waals surface area contributed by atoms with Crippen molar-refractivity contribution in [1.82, 2.24) is 0 Å². The summed E-state index contributed by atoms with van der Waals surface area (Å²) in [5.74, 6) is -0.461. The Kier molecular flexibility index (Phi) is 22.2. The van der Waals surface area contributed by atoms with Crippen LogP contribution in [0, 0.1) is 11.3 Å². The van der Waals surface area contributed by atoms with Crippen molar-refractivity contribution in [2.75, 3.05) is 6.61 Å². The summed E-state index contributed by atoms with van der Waals surface area (Å²) in [6.45, 7) is 10.5. The van der Waals surface area contributed by atoms with Crippen molar-refractivity contribution >= 4 is 17.5 Å². The van der Waals surface area contributed by atoms with Crippen molar-refractivity contribution in [1.29, 1.82) is 0 Å². The Morgan fingerprint density at radius 2 is 1.00 bits per heavy atom. The zero-order valence-corrected chi connectivity index (χ0v) is 24.8. The zero-order valence-electron chi connectivity index (χ0n) is 24.8. The largest absolute Gasteiger partial charge is 0.465 e. The van der Waals surface area contributed by atoms with E-state index in [2.05, 4.69) is 20.8 Å². The standard InChI is InChI=1S/C32H60O4/c1-6-9-10-11-12-13-14-15-16-17-18-19-20-23-26-32(29(33)7-2,30(34)8-3)31(35)36-27-24-21-22-25-28(4)5/h28H,6-27H2,1-5H3. The summed E-state index contributed by atoms with van der Waals surface area (Å²) in [5.41, 5.74) is -1.58. The lowest BCUT2D eigenvalue weighted by Gasteiger charge is -2.28. The minimum Gasteiger partial charge on any atom is -0.465 e. The van der Waals surface area contributed by atoms with Crippen LogP contribution in [0.25, 0.3) is 0 Å². The van der Waals surface area contributed by atoms with E-state index in [0.29, 0.717) is 18.9 Å². The van der Waals surface area contributed by atoms with Gasteiger partial charge in [0, 0.05) is 12.8 Å². The lowest BCUT2D eigenvalue weighted by Crippen LogP contribution is -2.47. The molecule has 0 unspecified atom stereocenters. The van der Waals surface area contributed by atoms with Crippen LogP contribution in [0.15, 0.2) is 0 Å². The van der Waals surface area contributed by atoms with Crippen LogP contribution in [0.5, 0.6) is 0 Å². The SMILES string of the molecule is CCCCCCCCCCCCCCCCC(C(=O)CC)(C(=O)CC)C(=O)OCCCCCC(C)C. The van der Waals surface area contributed by atoms with Gasteiger partial charge in [0.25, 0.3) is 0 Å². The molecule has 4 nitrogen and oxygen atoms in total. The first kappa shape index (κ1) is 34.8. The van der Waals surface area contributed by atoms with E-state index >= 15 is 0 Å². The van der Waals surface area contributed by atoms with E-state index in [9.17, 15) is 14.4 Å². The third kappa shape index (κ3) is 15.2. The smallest absolute Gasteiger partial charge is 0.327 e. The number of carbonyl (C=O) groups excluding carboxylic acids is 3. The average molecular weight is 509 g/mol. The van der Waals surface area contributed by atoms with Crippen molar-refractivity contribution < 1.29 is 19.1 Å². The molecular formula is C32H60O4. The predicted octanol–water partition coefficient (Wildman–Crippen LogP) is 9.56. The molecule has 0 rings (SSSR count). The molecule has 0 aliphatic rings. The molecule has 0 atom stereocenters. The maximum Gasteiger partial charge on any atom is 0.327 e. The zero-order chi connectivity index (χ0) is 27.1. The van der Waals surface area contributed by atoms with E-state index in [-0.39, 0.29) is 24.4 Å². The molecule has 0 saturated carbocycles. The van der Waals surface area contributed by atoms with Gasteiger partial charge in [-0.1, -0.05) is 144 Å². The quantitative estimate of drug-likeness (QED) is 0.0663. The number of ketones is 2. The number of rotatable bonds is 26. The molecule has 36 heavy (non-hydrogen) atoms. The Morgan fingerprint density at radius 1 is 0.583 bits per heavy atom. The van der Waals surface area contributed by atoms with Gasteiger partial charge in [-0.2, -0.15) is 0 Å². The van der Waals surface area contributed by atoms with Gasteiger partial charge in [-0.25, -0.2) is 0 Å². The van der Waals surface area contributed by atoms with Gasteiger partial charge in [-0.05, 0) is 18.8 Å². The first-order valence-electron chi connectivity index (χ1n) is 15.6. The van der Waals surface area contributed by atoms with Crippen LogP contribution in [-0.4, -0.2) is 24.1 Å². The highest BCUT2D eigenvalue weighted by Gasteiger charge is 2.50. The summed E-state index contributed by atoms with van der Waals surface area (Å²) in [7, 11) is 0. The van der Waals surface area contributed by atoms with Crippen molar-refractivity contribution in [3.63, 3.8) is 0 Å². The molecule has 0 spiro atoms. The van der Waals surface area contributed by atoms with Crippen molar-refractivity contribution in [3.05, 3.63) is 0 Å². The molecule has 0 heterocycles. The van der Waals surface area contributed by atoms with Crippen molar-refractivity contribution in [2.24, 2.45) is 11.3 Å². The normalized spacial score (nSPS) is 11.7. The molecule has 4 heteroatoms. The van der Waals surface area contributed by atoms with Crippen molar-refractivity contribution in [3.8, 4) is 0 Å². The average Bonchev–Trinajstić information content (AvgIpc) is 2.87. The Morgan fingerprint density at radius 3 is 1.42 bits per heavy atom. The van der Waals surface area contributed by atoms with E-state index in [0.717, 1.165) is 38.5 Å². The molecular weight excluding hydrogens is 448 g/mol. The molecule has 0 aromatic rings. The summed E-state index contributed by atoms with van der Waals surface area (Å²) >= 11 is 0. The second kappa shape index (κ2) is 23.0. The summed E-state index contributed by atoms with van der Waals surface area (Å²) in [5, 5.41) is 0. The monoisotopic (exact) mass is 508 g/mol. The van der Waals surface area contributed by atoms with E-state index in [1.807, 2.05) is 0 Å². The van der Waals surface area contributed by atoms with E-state index in [1.54, 1.807) is 13.8 Å². The summed E-state index contributed by atoms with van der Waals surface area (Å²) in [4.78, 5) is 39.0. The highest BCUT2D eigenvalue weighted by Crippen LogP contribution is 2.33. The molecule has 0 fully saturated rings. The van der Waals surface area contributed by atoms with Crippen LogP contribution in [0.3, 0.4) is 0 Å². The number of hydrogen-bond acceptors (Lipinski definition) is 4. The van der Waals surface area contributed by atoms with Crippen molar-refractivity contribution in [2.45, 2.75) is 169 Å². The lowest BCUT2D eigenvalue weighted by atomic mass is 9.73. The molecule has 0 N–H and O–H groups in total. The fourth-order valence-electron chi connectivity index (χ4n) is 5.07. The first-order chi connectivity index (χ1) is 17.4. The highest BCUT2D eigenvalue weighted by atomic mass is 16.5. The van der Waals surface area contributed by atoms with Gasteiger partial charge in [0.1, 0.15) is 0 Å². The van der Waals surface area contributed by atoms with E-state index < -0.39 is 11.4 Å². The maximum atomic E-state index is 13.1. The number of unbranched alkanes of at least 4 members (excludes halogenated alkanes) is 15. The summed E-state index contributed by atoms with van der Waals surface area (Å²) in [6.07, 6.45) is 22.2. The van der Waals surface area contributed by atoms with Crippen LogP contribution in [0.4, 0.5) is 0 Å². The number of carbonyl (C=O) groups is 3. The second-order valence-corrected chi connectivity index (χ2v) is 11.2. The van der Waals surface area contributed by atoms with Gasteiger partial charge in [-0.3, -0.25) is 14.4 Å². The molecule has 0 aromatic carbocycles. The Balaban J connectivity index is 4.39. The summed E-state index contributed by atoms with van der Waals surface area (Å²) in [6, 6.07) is 0. The molecule has 0 amide bonds. The van der Waals surface area contributed by atoms with Gasteiger partial charge in [0.15, 0.2) is 17.0 Å². The minimum atomic E-state index is -1.58. The van der Waals surface area contributed by atoms with E-state index in [1.165, 1.54) is 77.0 Å². The molecule has 0 aliphatic carbocycles. The predicted molar refractivity (Wildman–Crippen MR) is 152 cm³/mol. The molecule has 0 bridgehead atoms. The molecule has 0 radical (unpaired) electrons. The minimum absolute atomic E-state index is 0.188. The van der Waals surface area contributed by atoms with E-state index in [4.69, 9.17) is 4.74 Å². The number of esters is 1. The molecule has 0 saturated heterocycles.